The summed E-state index contributed by atoms with van der Waals surface area (Å²) in [7, 11) is 0. The monoisotopic (exact) mass is 356 g/mol. The van der Waals surface area contributed by atoms with E-state index in [1.54, 1.807) is 23.5 Å². The fourth-order valence-electron chi connectivity index (χ4n) is 1.64. The van der Waals surface area contributed by atoms with Gasteiger partial charge in [0, 0.05) is 20.6 Å². The molecule has 2 rings (SSSR count). The molecule has 2 heterocycles. The molecule has 0 saturated heterocycles. The molecule has 128 valence electrons. The van der Waals surface area contributed by atoms with Crippen LogP contribution < -0.4 is 0 Å². The van der Waals surface area contributed by atoms with Gasteiger partial charge >= 0.3 is 5.97 Å². The first-order valence-corrected chi connectivity index (χ1v) is 8.93. The van der Waals surface area contributed by atoms with Gasteiger partial charge in [0.2, 0.25) is 0 Å². The Morgan fingerprint density at radius 3 is 1.96 bits per heavy atom. The second-order valence-electron chi connectivity index (χ2n) is 6.53. The van der Waals surface area contributed by atoms with Crippen LogP contribution in [0, 0.1) is 0 Å². The number of carboxylic acid groups (broad SMARTS) is 1. The van der Waals surface area contributed by atoms with Gasteiger partial charge in [0.15, 0.2) is 0 Å². The van der Waals surface area contributed by atoms with Crippen LogP contribution in [0.5, 0.6) is 0 Å². The van der Waals surface area contributed by atoms with Crippen molar-refractivity contribution in [3.05, 3.63) is 44.3 Å². The molecule has 2 aromatic heterocycles. The number of aromatic carboxylic acids is 1. The van der Waals surface area contributed by atoms with Crippen LogP contribution in [0.3, 0.4) is 0 Å². The van der Waals surface area contributed by atoms with Gasteiger partial charge in [0.05, 0.1) is 13.2 Å². The van der Waals surface area contributed by atoms with E-state index in [1.807, 2.05) is 39.1 Å². The average molecular weight is 357 g/mol. The van der Waals surface area contributed by atoms with E-state index in [0.717, 1.165) is 4.88 Å². The summed E-state index contributed by atoms with van der Waals surface area (Å²) >= 11 is 2.91. The molecule has 0 saturated carbocycles. The maximum absolute atomic E-state index is 10.6. The maximum Gasteiger partial charge on any atom is 0.345 e. The van der Waals surface area contributed by atoms with Gasteiger partial charge < -0.3 is 15.3 Å². The maximum atomic E-state index is 10.6. The van der Waals surface area contributed by atoms with E-state index in [-0.39, 0.29) is 24.0 Å². The average Bonchev–Trinajstić information content (AvgIpc) is 3.19. The summed E-state index contributed by atoms with van der Waals surface area (Å²) < 4.78 is 0. The van der Waals surface area contributed by atoms with Gasteiger partial charge in [-0.3, -0.25) is 0 Å². The van der Waals surface area contributed by atoms with Crippen molar-refractivity contribution in [2.24, 2.45) is 0 Å². The van der Waals surface area contributed by atoms with E-state index < -0.39 is 5.97 Å². The quantitative estimate of drug-likeness (QED) is 0.763. The van der Waals surface area contributed by atoms with E-state index in [9.17, 15) is 4.79 Å². The van der Waals surface area contributed by atoms with Crippen molar-refractivity contribution in [1.82, 2.24) is 0 Å². The molecule has 0 spiro atoms. The molecular weight excluding hydrogens is 332 g/mol. The van der Waals surface area contributed by atoms with Crippen LogP contribution in [0.15, 0.2) is 29.6 Å². The van der Waals surface area contributed by atoms with Crippen molar-refractivity contribution < 1.29 is 20.1 Å². The molecular formula is C17H24O4S2. The Kier molecular flexibility index (Phi) is 6.95. The smallest absolute Gasteiger partial charge is 0.345 e. The molecule has 6 heteroatoms. The van der Waals surface area contributed by atoms with Crippen LogP contribution in [0.1, 0.15) is 47.1 Å². The Morgan fingerprint density at radius 1 is 1.00 bits per heavy atom. The topological polar surface area (TPSA) is 77.8 Å². The molecule has 3 N–H and O–H groups in total. The third kappa shape index (κ3) is 5.42. The van der Waals surface area contributed by atoms with Crippen molar-refractivity contribution in [2.75, 3.05) is 13.2 Å². The number of hydrogen-bond acceptors (Lipinski definition) is 5. The summed E-state index contributed by atoms with van der Waals surface area (Å²) in [6, 6.07) is 7.39. The highest BCUT2D eigenvalue weighted by Gasteiger charge is 2.22. The second kappa shape index (κ2) is 8.06. The van der Waals surface area contributed by atoms with Crippen LogP contribution >= 0.6 is 22.7 Å². The number of thiophene rings is 2. The minimum atomic E-state index is -0.912. The van der Waals surface area contributed by atoms with E-state index in [1.165, 1.54) is 16.2 Å². The molecule has 0 aliphatic rings. The van der Waals surface area contributed by atoms with E-state index in [0.29, 0.717) is 4.88 Å². The molecule has 0 aliphatic carbocycles. The van der Waals surface area contributed by atoms with Gasteiger partial charge in [-0.2, -0.15) is 0 Å². The number of carboxylic acids is 1. The first kappa shape index (κ1) is 19.8. The lowest BCUT2D eigenvalue weighted by Gasteiger charge is -2.19. The van der Waals surface area contributed by atoms with Crippen molar-refractivity contribution in [2.45, 2.75) is 38.5 Å². The predicted molar refractivity (Wildman–Crippen MR) is 95.8 cm³/mol. The molecule has 4 nitrogen and oxygen atoms in total. The molecule has 0 bridgehead atoms. The zero-order valence-corrected chi connectivity index (χ0v) is 15.5. The molecule has 23 heavy (non-hydrogen) atoms. The molecule has 0 aromatic carbocycles. The fourth-order valence-corrected chi connectivity index (χ4v) is 3.42. The molecule has 0 amide bonds. The number of carbonyl (C=O) groups is 1. The SMILES string of the molecule is CC(C)(CO)c1ccc(C(=O)O)s1.CC(C)(CO)c1cccs1. The highest BCUT2D eigenvalue weighted by atomic mass is 32.1. The summed E-state index contributed by atoms with van der Waals surface area (Å²) in [5, 5.41) is 28.7. The number of hydrogen-bond donors (Lipinski definition) is 3. The van der Waals surface area contributed by atoms with Gasteiger partial charge in [-0.25, -0.2) is 4.79 Å². The third-order valence-electron chi connectivity index (χ3n) is 3.46. The molecule has 0 atom stereocenters. The number of aliphatic hydroxyl groups is 2. The molecule has 0 aliphatic heterocycles. The Balaban J connectivity index is 0.000000238. The van der Waals surface area contributed by atoms with E-state index in [2.05, 4.69) is 6.07 Å². The van der Waals surface area contributed by atoms with Gasteiger partial charge in [-0.15, -0.1) is 22.7 Å². The summed E-state index contributed by atoms with van der Waals surface area (Å²) in [4.78, 5) is 13.0. The second-order valence-corrected chi connectivity index (χ2v) is 8.56. The molecule has 0 radical (unpaired) electrons. The van der Waals surface area contributed by atoms with Gasteiger partial charge in [0.1, 0.15) is 4.88 Å². The summed E-state index contributed by atoms with van der Waals surface area (Å²) in [6.45, 7) is 8.08. The van der Waals surface area contributed by atoms with Crippen LogP contribution in [0.4, 0.5) is 0 Å². The lowest BCUT2D eigenvalue weighted by atomic mass is 9.93. The summed E-state index contributed by atoms with van der Waals surface area (Å²) in [5.74, 6) is -0.912. The number of aliphatic hydroxyl groups excluding tert-OH is 2. The van der Waals surface area contributed by atoms with Crippen LogP contribution in [-0.2, 0) is 10.8 Å². The largest absolute Gasteiger partial charge is 0.477 e. The van der Waals surface area contributed by atoms with Crippen molar-refractivity contribution in [1.29, 1.82) is 0 Å². The van der Waals surface area contributed by atoms with Gasteiger partial charge in [-0.05, 0) is 23.6 Å². The fraction of sp³-hybridized carbons (Fsp3) is 0.471. The highest BCUT2D eigenvalue weighted by Crippen LogP contribution is 2.29. The minimum absolute atomic E-state index is 0.0204. The Morgan fingerprint density at radius 2 is 1.57 bits per heavy atom. The van der Waals surface area contributed by atoms with Crippen molar-refractivity contribution in [3.63, 3.8) is 0 Å². The zero-order valence-electron chi connectivity index (χ0n) is 13.9. The first-order valence-electron chi connectivity index (χ1n) is 7.23. The lowest BCUT2D eigenvalue weighted by Crippen LogP contribution is -2.20. The van der Waals surface area contributed by atoms with E-state index >= 15 is 0 Å². The molecule has 0 fully saturated rings. The molecule has 0 unspecified atom stereocenters. The Hall–Kier alpha value is -1.21. The summed E-state index contributed by atoms with van der Waals surface area (Å²) in [6.07, 6.45) is 0. The van der Waals surface area contributed by atoms with Crippen molar-refractivity contribution >= 4 is 28.6 Å². The van der Waals surface area contributed by atoms with Crippen LogP contribution in [-0.4, -0.2) is 34.5 Å². The van der Waals surface area contributed by atoms with Gasteiger partial charge in [0.25, 0.3) is 0 Å². The number of rotatable bonds is 5. The standard InChI is InChI=1S/C9H12O3S.C8H12OS/c1-9(2,5-10)7-4-3-6(13-7)8(11)12;1-8(2,6-9)7-4-3-5-10-7/h3-4,10H,5H2,1-2H3,(H,11,12);3-5,9H,6H2,1-2H3. The van der Waals surface area contributed by atoms with E-state index in [4.69, 9.17) is 15.3 Å². The highest BCUT2D eigenvalue weighted by molar-refractivity contribution is 7.14. The van der Waals surface area contributed by atoms with Crippen LogP contribution in [0.2, 0.25) is 0 Å². The van der Waals surface area contributed by atoms with Gasteiger partial charge in [-0.1, -0.05) is 33.8 Å². The molecule has 2 aromatic rings. The predicted octanol–water partition coefficient (Wildman–Crippen LogP) is 3.73. The summed E-state index contributed by atoms with van der Waals surface area (Å²) in [5.41, 5.74) is -0.410. The lowest BCUT2D eigenvalue weighted by molar-refractivity contribution is 0.0702. The zero-order chi connectivity index (χ0) is 17.7. The Labute approximate surface area is 145 Å². The van der Waals surface area contributed by atoms with Crippen molar-refractivity contribution in [3.8, 4) is 0 Å². The Bertz CT molecular complexity index is 612. The first-order chi connectivity index (χ1) is 10.6. The van der Waals surface area contributed by atoms with Crippen LogP contribution in [0.25, 0.3) is 0 Å². The third-order valence-corrected chi connectivity index (χ3v) is 6.14. The normalized spacial score (nSPS) is 11.7. The minimum Gasteiger partial charge on any atom is -0.477 e.